The molecule has 1 heterocycles. The van der Waals surface area contributed by atoms with E-state index in [1.165, 1.54) is 12.8 Å². The van der Waals surface area contributed by atoms with Crippen LogP contribution in [0.1, 0.15) is 38.2 Å². The van der Waals surface area contributed by atoms with Crippen LogP contribution in [0.15, 0.2) is 24.3 Å². The molecule has 1 aromatic carbocycles. The first-order chi connectivity index (χ1) is 10.1. The van der Waals surface area contributed by atoms with Gasteiger partial charge in [-0.25, -0.2) is 0 Å². The van der Waals surface area contributed by atoms with Gasteiger partial charge in [-0.3, -0.25) is 9.69 Å². The molecule has 1 saturated carbocycles. The second kappa shape index (κ2) is 6.02. The highest BCUT2D eigenvalue weighted by molar-refractivity contribution is 7.80. The summed E-state index contributed by atoms with van der Waals surface area (Å²) in [5.41, 5.74) is 1.04. The van der Waals surface area contributed by atoms with E-state index in [0.717, 1.165) is 24.2 Å². The largest absolute Gasteiger partial charge is 0.490 e. The van der Waals surface area contributed by atoms with Crippen molar-refractivity contribution in [3.05, 3.63) is 29.8 Å². The van der Waals surface area contributed by atoms with E-state index in [1.54, 1.807) is 4.90 Å². The lowest BCUT2D eigenvalue weighted by Gasteiger charge is -2.17. The number of thiocarbonyl (C=S) groups is 1. The van der Waals surface area contributed by atoms with Gasteiger partial charge in [0.25, 0.3) is 5.91 Å². The summed E-state index contributed by atoms with van der Waals surface area (Å²) in [6.45, 7) is 2.32. The molecule has 1 unspecified atom stereocenters. The Hall–Kier alpha value is -1.62. The highest BCUT2D eigenvalue weighted by Crippen LogP contribution is 2.25. The van der Waals surface area contributed by atoms with Gasteiger partial charge in [0.15, 0.2) is 5.11 Å². The Morgan fingerprint density at radius 1 is 1.38 bits per heavy atom. The topological polar surface area (TPSA) is 41.6 Å². The van der Waals surface area contributed by atoms with E-state index in [9.17, 15) is 4.79 Å². The van der Waals surface area contributed by atoms with Gasteiger partial charge in [0, 0.05) is 0 Å². The summed E-state index contributed by atoms with van der Waals surface area (Å²) in [6.07, 6.45) is 5.13. The van der Waals surface area contributed by atoms with Crippen LogP contribution < -0.4 is 10.1 Å². The maximum absolute atomic E-state index is 12.0. The van der Waals surface area contributed by atoms with Crippen molar-refractivity contribution in [2.45, 2.75) is 51.3 Å². The van der Waals surface area contributed by atoms with E-state index in [4.69, 9.17) is 17.0 Å². The van der Waals surface area contributed by atoms with Crippen molar-refractivity contribution in [2.24, 2.45) is 0 Å². The predicted octanol–water partition coefficient (Wildman–Crippen LogP) is 2.61. The van der Waals surface area contributed by atoms with Gasteiger partial charge < -0.3 is 10.1 Å². The molecule has 1 aromatic rings. The van der Waals surface area contributed by atoms with E-state index >= 15 is 0 Å². The number of rotatable bonds is 4. The third-order valence-corrected chi connectivity index (χ3v) is 4.40. The first kappa shape index (κ1) is 14.3. The Kier molecular flexibility index (Phi) is 4.10. The van der Waals surface area contributed by atoms with Crippen molar-refractivity contribution in [3.8, 4) is 5.75 Å². The minimum Gasteiger partial charge on any atom is -0.490 e. The quantitative estimate of drug-likeness (QED) is 0.868. The Morgan fingerprint density at radius 2 is 2.14 bits per heavy atom. The van der Waals surface area contributed by atoms with Crippen LogP contribution in [0.2, 0.25) is 0 Å². The number of ether oxygens (including phenoxy) is 1. The molecule has 1 aliphatic heterocycles. The fourth-order valence-electron chi connectivity index (χ4n) is 2.91. The first-order valence-corrected chi connectivity index (χ1v) is 7.92. The maximum atomic E-state index is 12.0. The number of benzene rings is 1. The van der Waals surface area contributed by atoms with Crippen LogP contribution >= 0.6 is 12.2 Å². The van der Waals surface area contributed by atoms with E-state index in [-0.39, 0.29) is 11.9 Å². The number of nitrogens with zero attached hydrogens (tertiary/aromatic N) is 1. The highest BCUT2D eigenvalue weighted by Gasteiger charge is 2.31. The molecule has 4 nitrogen and oxygen atoms in total. The number of hydrogen-bond donors (Lipinski definition) is 1. The van der Waals surface area contributed by atoms with Crippen LogP contribution in [-0.4, -0.2) is 28.1 Å². The minimum absolute atomic E-state index is 0.0297. The van der Waals surface area contributed by atoms with Gasteiger partial charge in [0.05, 0.1) is 12.6 Å². The van der Waals surface area contributed by atoms with Crippen LogP contribution in [0.4, 0.5) is 0 Å². The maximum Gasteiger partial charge on any atom is 0.251 e. The van der Waals surface area contributed by atoms with E-state index in [2.05, 4.69) is 5.32 Å². The molecule has 3 rings (SSSR count). The molecule has 0 aromatic heterocycles. The van der Waals surface area contributed by atoms with Crippen molar-refractivity contribution in [1.82, 2.24) is 10.2 Å². The lowest BCUT2D eigenvalue weighted by atomic mass is 10.2. The number of nitrogens with one attached hydrogen (secondary N) is 1. The van der Waals surface area contributed by atoms with Crippen molar-refractivity contribution < 1.29 is 9.53 Å². The molecule has 5 heteroatoms. The third kappa shape index (κ3) is 3.18. The Morgan fingerprint density at radius 3 is 2.81 bits per heavy atom. The zero-order valence-corrected chi connectivity index (χ0v) is 13.0. The molecule has 1 saturated heterocycles. The molecule has 1 N–H and O–H groups in total. The average molecular weight is 304 g/mol. The van der Waals surface area contributed by atoms with Crippen molar-refractivity contribution in [3.63, 3.8) is 0 Å². The second-order valence-electron chi connectivity index (χ2n) is 5.77. The fourth-order valence-corrected chi connectivity index (χ4v) is 3.24. The summed E-state index contributed by atoms with van der Waals surface area (Å²) >= 11 is 5.21. The van der Waals surface area contributed by atoms with Crippen LogP contribution in [0.3, 0.4) is 0 Å². The van der Waals surface area contributed by atoms with Gasteiger partial charge in [-0.05, 0) is 62.5 Å². The van der Waals surface area contributed by atoms with Crippen LogP contribution in [0.5, 0.6) is 5.75 Å². The van der Waals surface area contributed by atoms with E-state index in [1.807, 2.05) is 31.2 Å². The smallest absolute Gasteiger partial charge is 0.251 e. The molecule has 2 fully saturated rings. The number of amides is 1. The molecule has 0 spiro atoms. The summed E-state index contributed by atoms with van der Waals surface area (Å²) < 4.78 is 6.00. The molecule has 1 aliphatic carbocycles. The van der Waals surface area contributed by atoms with Gasteiger partial charge in [0.2, 0.25) is 0 Å². The molecule has 1 atom stereocenters. The fraction of sp³-hybridized carbons (Fsp3) is 0.500. The standard InChI is InChI=1S/C16H20N2O2S/c1-11-15(19)18(16(21)17-11)10-12-5-4-8-14(9-12)20-13-6-2-3-7-13/h4-5,8-9,11,13H,2-3,6-7,10H2,1H3,(H,17,21). The van der Waals surface area contributed by atoms with Gasteiger partial charge in [-0.15, -0.1) is 0 Å². The van der Waals surface area contributed by atoms with Gasteiger partial charge in [0.1, 0.15) is 11.8 Å². The molecule has 2 aliphatic rings. The Labute approximate surface area is 130 Å². The van der Waals surface area contributed by atoms with E-state index in [0.29, 0.717) is 17.8 Å². The third-order valence-electron chi connectivity index (χ3n) is 4.07. The van der Waals surface area contributed by atoms with E-state index < -0.39 is 0 Å². The second-order valence-corrected chi connectivity index (χ2v) is 6.15. The molecular weight excluding hydrogens is 284 g/mol. The average Bonchev–Trinajstić information content (AvgIpc) is 3.04. The Bertz CT molecular complexity index is 555. The molecule has 0 radical (unpaired) electrons. The highest BCUT2D eigenvalue weighted by atomic mass is 32.1. The predicted molar refractivity (Wildman–Crippen MR) is 85.1 cm³/mol. The van der Waals surface area contributed by atoms with Crippen LogP contribution in [-0.2, 0) is 11.3 Å². The van der Waals surface area contributed by atoms with Crippen LogP contribution in [0.25, 0.3) is 0 Å². The summed E-state index contributed by atoms with van der Waals surface area (Å²) in [5.74, 6) is 0.917. The van der Waals surface area contributed by atoms with Crippen molar-refractivity contribution >= 4 is 23.2 Å². The molecule has 112 valence electrons. The van der Waals surface area contributed by atoms with Gasteiger partial charge in [-0.2, -0.15) is 0 Å². The summed E-state index contributed by atoms with van der Waals surface area (Å²) in [7, 11) is 0. The molecular formula is C16H20N2O2S. The summed E-state index contributed by atoms with van der Waals surface area (Å²) in [5, 5.41) is 3.50. The normalized spacial score (nSPS) is 22.7. The Balaban J connectivity index is 1.68. The summed E-state index contributed by atoms with van der Waals surface area (Å²) in [6, 6.07) is 7.74. The zero-order chi connectivity index (χ0) is 14.8. The minimum atomic E-state index is -0.226. The molecule has 21 heavy (non-hydrogen) atoms. The number of hydrogen-bond acceptors (Lipinski definition) is 3. The van der Waals surface area contributed by atoms with Crippen LogP contribution in [0, 0.1) is 0 Å². The zero-order valence-electron chi connectivity index (χ0n) is 12.2. The van der Waals surface area contributed by atoms with Crippen molar-refractivity contribution in [1.29, 1.82) is 0 Å². The SMILES string of the molecule is CC1NC(=S)N(Cc2cccc(OC3CCCC3)c2)C1=O. The lowest BCUT2D eigenvalue weighted by Crippen LogP contribution is -2.30. The molecule has 0 bridgehead atoms. The van der Waals surface area contributed by atoms with Crippen molar-refractivity contribution in [2.75, 3.05) is 0 Å². The number of carbonyl (C=O) groups is 1. The van der Waals surface area contributed by atoms with Gasteiger partial charge >= 0.3 is 0 Å². The monoisotopic (exact) mass is 304 g/mol. The lowest BCUT2D eigenvalue weighted by molar-refractivity contribution is -0.127. The number of carbonyl (C=O) groups excluding carboxylic acids is 1. The van der Waals surface area contributed by atoms with Gasteiger partial charge in [-0.1, -0.05) is 12.1 Å². The first-order valence-electron chi connectivity index (χ1n) is 7.51. The molecule has 1 amide bonds. The summed E-state index contributed by atoms with van der Waals surface area (Å²) in [4.78, 5) is 13.6.